The Bertz CT molecular complexity index is 1310. The first kappa shape index (κ1) is 18.8. The minimum absolute atomic E-state index is 0.201. The molecule has 1 heterocycles. The van der Waals surface area contributed by atoms with Gasteiger partial charge in [-0.25, -0.2) is 12.4 Å². The highest BCUT2D eigenvalue weighted by Crippen LogP contribution is 2.35. The number of halogens is 2. The van der Waals surface area contributed by atoms with Crippen LogP contribution in [0.3, 0.4) is 0 Å². The standard InChI is InChI=1S/C22H15Cl2NO2S/c1-15(19-12-11-17(23)14-20(19)24)22-13-16-7-5-6-10-21(16)25(22)28(26,27)18-8-3-2-4-9-18/h2-14H,1H2. The Balaban J connectivity index is 2.00. The molecule has 0 radical (unpaired) electrons. The monoisotopic (exact) mass is 427 g/mol. The van der Waals surface area contributed by atoms with Crippen molar-refractivity contribution in [2.24, 2.45) is 0 Å². The molecular formula is C22H15Cl2NO2S. The van der Waals surface area contributed by atoms with Crippen molar-refractivity contribution in [1.29, 1.82) is 0 Å². The van der Waals surface area contributed by atoms with Crippen LogP contribution in [0.1, 0.15) is 11.3 Å². The molecule has 28 heavy (non-hydrogen) atoms. The second-order valence-corrected chi connectivity index (χ2v) is 8.90. The van der Waals surface area contributed by atoms with E-state index in [1.54, 1.807) is 60.7 Å². The Labute approximate surface area is 173 Å². The van der Waals surface area contributed by atoms with Crippen LogP contribution in [0.4, 0.5) is 0 Å². The number of nitrogens with zero attached hydrogens (tertiary/aromatic N) is 1. The van der Waals surface area contributed by atoms with Gasteiger partial charge in [0.15, 0.2) is 0 Å². The zero-order valence-electron chi connectivity index (χ0n) is 14.6. The molecule has 140 valence electrons. The van der Waals surface area contributed by atoms with E-state index in [4.69, 9.17) is 23.2 Å². The highest BCUT2D eigenvalue weighted by Gasteiger charge is 2.25. The van der Waals surface area contributed by atoms with Crippen LogP contribution in [0, 0.1) is 0 Å². The first-order chi connectivity index (χ1) is 13.4. The Morgan fingerprint density at radius 1 is 0.857 bits per heavy atom. The lowest BCUT2D eigenvalue weighted by Crippen LogP contribution is -2.15. The molecule has 0 unspecified atom stereocenters. The smallest absolute Gasteiger partial charge is 0.233 e. The average Bonchev–Trinajstić information content (AvgIpc) is 3.08. The zero-order valence-corrected chi connectivity index (χ0v) is 17.0. The van der Waals surface area contributed by atoms with Gasteiger partial charge < -0.3 is 0 Å². The molecule has 0 amide bonds. The number of fused-ring (bicyclic) bond motifs is 1. The molecular weight excluding hydrogens is 413 g/mol. The van der Waals surface area contributed by atoms with E-state index in [9.17, 15) is 8.42 Å². The van der Waals surface area contributed by atoms with Crippen LogP contribution in [0.5, 0.6) is 0 Å². The molecule has 0 aliphatic heterocycles. The van der Waals surface area contributed by atoms with E-state index in [0.29, 0.717) is 32.4 Å². The van der Waals surface area contributed by atoms with Gasteiger partial charge in [0, 0.05) is 26.6 Å². The van der Waals surface area contributed by atoms with Crippen molar-refractivity contribution in [2.75, 3.05) is 0 Å². The summed E-state index contributed by atoms with van der Waals surface area (Å²) in [6.45, 7) is 4.14. The summed E-state index contributed by atoms with van der Waals surface area (Å²) in [7, 11) is -3.84. The summed E-state index contributed by atoms with van der Waals surface area (Å²) in [4.78, 5) is 0.201. The second kappa shape index (κ2) is 7.13. The van der Waals surface area contributed by atoms with E-state index in [0.717, 1.165) is 5.39 Å². The molecule has 0 aliphatic rings. The fraction of sp³-hybridized carbons (Fsp3) is 0. The third-order valence-corrected chi connectivity index (χ3v) is 6.80. The van der Waals surface area contributed by atoms with Crippen LogP contribution in [-0.2, 0) is 10.0 Å². The van der Waals surface area contributed by atoms with Gasteiger partial charge in [0.05, 0.1) is 16.1 Å². The Kier molecular flexibility index (Phi) is 4.79. The molecule has 0 spiro atoms. The van der Waals surface area contributed by atoms with Crippen molar-refractivity contribution in [3.8, 4) is 0 Å². The molecule has 0 N–H and O–H groups in total. The quantitative estimate of drug-likeness (QED) is 0.386. The number of rotatable bonds is 4. The molecule has 0 saturated heterocycles. The fourth-order valence-electron chi connectivity index (χ4n) is 3.17. The van der Waals surface area contributed by atoms with Crippen molar-refractivity contribution in [2.45, 2.75) is 4.90 Å². The number of para-hydroxylation sites is 1. The predicted octanol–water partition coefficient (Wildman–Crippen LogP) is 6.25. The predicted molar refractivity (Wildman–Crippen MR) is 116 cm³/mol. The van der Waals surface area contributed by atoms with Gasteiger partial charge in [0.25, 0.3) is 10.0 Å². The molecule has 3 nitrogen and oxygen atoms in total. The number of benzene rings is 3. The van der Waals surface area contributed by atoms with Gasteiger partial charge in [0.2, 0.25) is 0 Å². The first-order valence-electron chi connectivity index (χ1n) is 8.45. The highest BCUT2D eigenvalue weighted by molar-refractivity contribution is 7.90. The molecule has 3 aromatic carbocycles. The average molecular weight is 428 g/mol. The van der Waals surface area contributed by atoms with E-state index in [1.165, 1.54) is 3.97 Å². The largest absolute Gasteiger partial charge is 0.268 e. The molecule has 0 atom stereocenters. The van der Waals surface area contributed by atoms with Crippen molar-refractivity contribution < 1.29 is 8.42 Å². The highest BCUT2D eigenvalue weighted by atomic mass is 35.5. The molecule has 4 aromatic rings. The van der Waals surface area contributed by atoms with Crippen LogP contribution >= 0.6 is 23.2 Å². The summed E-state index contributed by atoms with van der Waals surface area (Å²) in [6.07, 6.45) is 0. The lowest BCUT2D eigenvalue weighted by molar-refractivity contribution is 0.588. The maximum atomic E-state index is 13.5. The Morgan fingerprint density at radius 2 is 1.54 bits per heavy atom. The molecule has 6 heteroatoms. The van der Waals surface area contributed by atoms with Gasteiger partial charge in [-0.15, -0.1) is 0 Å². The molecule has 0 saturated carbocycles. The molecule has 0 fully saturated rings. The zero-order chi connectivity index (χ0) is 19.9. The van der Waals surface area contributed by atoms with E-state index in [-0.39, 0.29) is 4.90 Å². The third-order valence-electron chi connectivity index (χ3n) is 4.51. The van der Waals surface area contributed by atoms with Gasteiger partial charge in [-0.3, -0.25) is 0 Å². The Hall–Kier alpha value is -2.53. The van der Waals surface area contributed by atoms with Crippen LogP contribution in [0.2, 0.25) is 10.0 Å². The van der Waals surface area contributed by atoms with E-state index >= 15 is 0 Å². The minimum Gasteiger partial charge on any atom is -0.233 e. The van der Waals surface area contributed by atoms with E-state index in [1.807, 2.05) is 18.2 Å². The third kappa shape index (κ3) is 3.14. The van der Waals surface area contributed by atoms with Gasteiger partial charge >= 0.3 is 0 Å². The van der Waals surface area contributed by atoms with Crippen LogP contribution in [0.15, 0.2) is 90.3 Å². The van der Waals surface area contributed by atoms with Crippen molar-refractivity contribution in [1.82, 2.24) is 3.97 Å². The normalized spacial score (nSPS) is 11.6. The number of hydrogen-bond acceptors (Lipinski definition) is 2. The summed E-state index contributed by atoms with van der Waals surface area (Å²) < 4.78 is 28.3. The maximum absolute atomic E-state index is 13.5. The van der Waals surface area contributed by atoms with Crippen molar-refractivity contribution in [3.63, 3.8) is 0 Å². The molecule has 1 aromatic heterocycles. The SMILES string of the molecule is C=C(c1ccc(Cl)cc1Cl)c1cc2ccccc2n1S(=O)(=O)c1ccccc1. The van der Waals surface area contributed by atoms with Crippen LogP contribution in [-0.4, -0.2) is 12.4 Å². The Morgan fingerprint density at radius 3 is 2.25 bits per heavy atom. The summed E-state index contributed by atoms with van der Waals surface area (Å²) in [5.41, 5.74) is 2.15. The maximum Gasteiger partial charge on any atom is 0.268 e. The second-order valence-electron chi connectivity index (χ2n) is 6.27. The summed E-state index contributed by atoms with van der Waals surface area (Å²) in [5, 5.41) is 1.70. The lowest BCUT2D eigenvalue weighted by atomic mass is 10.0. The molecule has 4 rings (SSSR count). The summed E-state index contributed by atoms with van der Waals surface area (Å²) in [6, 6.07) is 22.5. The van der Waals surface area contributed by atoms with E-state index < -0.39 is 10.0 Å². The molecule has 0 bridgehead atoms. The fourth-order valence-corrected chi connectivity index (χ4v) is 5.25. The summed E-state index contributed by atoms with van der Waals surface area (Å²) >= 11 is 12.4. The van der Waals surface area contributed by atoms with Gasteiger partial charge in [0.1, 0.15) is 0 Å². The number of hydrogen-bond donors (Lipinski definition) is 0. The number of aromatic nitrogens is 1. The van der Waals surface area contributed by atoms with E-state index in [2.05, 4.69) is 6.58 Å². The van der Waals surface area contributed by atoms with Gasteiger partial charge in [-0.05, 0) is 36.4 Å². The first-order valence-corrected chi connectivity index (χ1v) is 10.6. The van der Waals surface area contributed by atoms with Crippen LogP contribution in [0.25, 0.3) is 16.5 Å². The minimum atomic E-state index is -3.84. The van der Waals surface area contributed by atoms with Gasteiger partial charge in [-0.2, -0.15) is 0 Å². The lowest BCUT2D eigenvalue weighted by Gasteiger charge is -2.15. The van der Waals surface area contributed by atoms with Crippen LogP contribution < -0.4 is 0 Å². The van der Waals surface area contributed by atoms with Gasteiger partial charge in [-0.1, -0.05) is 72.2 Å². The van der Waals surface area contributed by atoms with Crippen molar-refractivity contribution >= 4 is 49.7 Å². The van der Waals surface area contributed by atoms with Crippen molar-refractivity contribution in [3.05, 3.63) is 107 Å². The summed E-state index contributed by atoms with van der Waals surface area (Å²) in [5.74, 6) is 0. The molecule has 0 aliphatic carbocycles. The topological polar surface area (TPSA) is 39.1 Å².